The third-order valence-electron chi connectivity index (χ3n) is 4.13. The Hall–Kier alpha value is -0.0400. The Labute approximate surface area is 102 Å². The molecule has 1 unspecified atom stereocenters. The van der Waals surface area contributed by atoms with Crippen molar-refractivity contribution in [2.75, 3.05) is 13.1 Å². The van der Waals surface area contributed by atoms with Crippen molar-refractivity contribution in [3.63, 3.8) is 0 Å². The fourth-order valence-corrected chi connectivity index (χ4v) is 2.84. The first-order valence-electron chi connectivity index (χ1n) is 7.57. The molecule has 1 aliphatic carbocycles. The summed E-state index contributed by atoms with van der Waals surface area (Å²) in [5.74, 6) is 1.92. The molecule has 1 rings (SSSR count). The smallest absolute Gasteiger partial charge is 0.00204 e. The number of unbranched alkanes of at least 4 members (excludes halogenated alkanes) is 2. The van der Waals surface area contributed by atoms with Gasteiger partial charge < -0.3 is 5.32 Å². The van der Waals surface area contributed by atoms with Gasteiger partial charge in [0.05, 0.1) is 0 Å². The summed E-state index contributed by atoms with van der Waals surface area (Å²) in [5.41, 5.74) is 0. The summed E-state index contributed by atoms with van der Waals surface area (Å²) in [5, 5.41) is 3.71. The summed E-state index contributed by atoms with van der Waals surface area (Å²) in [7, 11) is 0. The summed E-state index contributed by atoms with van der Waals surface area (Å²) >= 11 is 0. The van der Waals surface area contributed by atoms with Crippen molar-refractivity contribution in [3.8, 4) is 0 Å². The minimum Gasteiger partial charge on any atom is -0.316 e. The normalized spacial score (nSPS) is 19.1. The summed E-state index contributed by atoms with van der Waals surface area (Å²) in [6.45, 7) is 7.17. The standard InChI is InChI=1S/C15H31N/c1-3-5-6-9-14(4-2)12-16-13-15-10-7-8-11-15/h14-16H,3-13H2,1-2H3. The van der Waals surface area contributed by atoms with Crippen LogP contribution in [-0.4, -0.2) is 13.1 Å². The largest absolute Gasteiger partial charge is 0.316 e. The maximum atomic E-state index is 3.71. The second-order valence-electron chi connectivity index (χ2n) is 5.58. The highest BCUT2D eigenvalue weighted by Gasteiger charge is 2.14. The lowest BCUT2D eigenvalue weighted by molar-refractivity contribution is 0.391. The van der Waals surface area contributed by atoms with E-state index in [4.69, 9.17) is 0 Å². The zero-order chi connectivity index (χ0) is 11.6. The second kappa shape index (κ2) is 9.04. The Balaban J connectivity index is 1.99. The summed E-state index contributed by atoms with van der Waals surface area (Å²) in [6.07, 6.45) is 12.9. The molecule has 96 valence electrons. The molecular weight excluding hydrogens is 194 g/mol. The first-order chi connectivity index (χ1) is 7.86. The van der Waals surface area contributed by atoms with Crippen LogP contribution in [0.5, 0.6) is 0 Å². The molecule has 0 spiro atoms. The van der Waals surface area contributed by atoms with E-state index in [1.165, 1.54) is 70.9 Å². The predicted octanol–water partition coefficient (Wildman–Crippen LogP) is 4.37. The van der Waals surface area contributed by atoms with E-state index in [0.717, 1.165) is 11.8 Å². The number of rotatable bonds is 9. The highest BCUT2D eigenvalue weighted by Crippen LogP contribution is 2.23. The fraction of sp³-hybridized carbons (Fsp3) is 1.00. The molecule has 0 aromatic carbocycles. The highest BCUT2D eigenvalue weighted by molar-refractivity contribution is 4.70. The fourth-order valence-electron chi connectivity index (χ4n) is 2.84. The van der Waals surface area contributed by atoms with Gasteiger partial charge in [-0.1, -0.05) is 52.4 Å². The third-order valence-corrected chi connectivity index (χ3v) is 4.13. The molecule has 0 aromatic rings. The van der Waals surface area contributed by atoms with Crippen molar-refractivity contribution in [1.29, 1.82) is 0 Å². The zero-order valence-corrected chi connectivity index (χ0v) is 11.4. The van der Waals surface area contributed by atoms with Crippen LogP contribution in [0.4, 0.5) is 0 Å². The van der Waals surface area contributed by atoms with Crippen molar-refractivity contribution in [2.24, 2.45) is 11.8 Å². The molecule has 0 saturated heterocycles. The van der Waals surface area contributed by atoms with E-state index < -0.39 is 0 Å². The molecule has 1 heteroatoms. The summed E-state index contributed by atoms with van der Waals surface area (Å²) < 4.78 is 0. The molecule has 1 aliphatic rings. The molecule has 1 atom stereocenters. The lowest BCUT2D eigenvalue weighted by atomic mass is 9.98. The van der Waals surface area contributed by atoms with Gasteiger partial charge in [0.25, 0.3) is 0 Å². The lowest BCUT2D eigenvalue weighted by Gasteiger charge is -2.17. The number of hydrogen-bond donors (Lipinski definition) is 1. The van der Waals surface area contributed by atoms with E-state index >= 15 is 0 Å². The molecule has 1 fully saturated rings. The van der Waals surface area contributed by atoms with Gasteiger partial charge in [0.15, 0.2) is 0 Å². The maximum absolute atomic E-state index is 3.71. The van der Waals surface area contributed by atoms with Crippen LogP contribution < -0.4 is 5.32 Å². The van der Waals surface area contributed by atoms with E-state index in [9.17, 15) is 0 Å². The average Bonchev–Trinajstić information content (AvgIpc) is 2.80. The second-order valence-corrected chi connectivity index (χ2v) is 5.58. The van der Waals surface area contributed by atoms with Crippen LogP contribution in [0.15, 0.2) is 0 Å². The van der Waals surface area contributed by atoms with Crippen molar-refractivity contribution in [3.05, 3.63) is 0 Å². The minimum atomic E-state index is 0.924. The molecule has 0 bridgehead atoms. The maximum Gasteiger partial charge on any atom is -0.00204 e. The highest BCUT2D eigenvalue weighted by atomic mass is 14.9. The Morgan fingerprint density at radius 2 is 1.88 bits per heavy atom. The Kier molecular flexibility index (Phi) is 7.92. The Morgan fingerprint density at radius 1 is 1.12 bits per heavy atom. The van der Waals surface area contributed by atoms with Gasteiger partial charge in [-0.15, -0.1) is 0 Å². The summed E-state index contributed by atoms with van der Waals surface area (Å²) in [6, 6.07) is 0. The molecular formula is C15H31N. The van der Waals surface area contributed by atoms with Crippen LogP contribution in [0.1, 0.15) is 71.6 Å². The molecule has 0 amide bonds. The number of hydrogen-bond acceptors (Lipinski definition) is 1. The first-order valence-corrected chi connectivity index (χ1v) is 7.57. The molecule has 0 aromatic heterocycles. The van der Waals surface area contributed by atoms with E-state index in [1.54, 1.807) is 0 Å². The third kappa shape index (κ3) is 5.89. The van der Waals surface area contributed by atoms with E-state index in [1.807, 2.05) is 0 Å². The van der Waals surface area contributed by atoms with E-state index in [0.29, 0.717) is 0 Å². The van der Waals surface area contributed by atoms with Crippen LogP contribution in [0.3, 0.4) is 0 Å². The van der Waals surface area contributed by atoms with Crippen LogP contribution in [0.2, 0.25) is 0 Å². The van der Waals surface area contributed by atoms with Crippen molar-refractivity contribution in [2.45, 2.75) is 71.6 Å². The first kappa shape index (κ1) is 14.0. The predicted molar refractivity (Wildman–Crippen MR) is 72.8 cm³/mol. The van der Waals surface area contributed by atoms with Crippen LogP contribution in [0.25, 0.3) is 0 Å². The SMILES string of the molecule is CCCCCC(CC)CNCC1CCCC1. The van der Waals surface area contributed by atoms with Gasteiger partial charge in [-0.2, -0.15) is 0 Å². The minimum absolute atomic E-state index is 0.924. The molecule has 1 nitrogen and oxygen atoms in total. The van der Waals surface area contributed by atoms with Gasteiger partial charge in [-0.25, -0.2) is 0 Å². The molecule has 16 heavy (non-hydrogen) atoms. The average molecular weight is 225 g/mol. The molecule has 1 saturated carbocycles. The molecule has 0 aliphatic heterocycles. The topological polar surface area (TPSA) is 12.0 Å². The molecule has 0 radical (unpaired) electrons. The van der Waals surface area contributed by atoms with Gasteiger partial charge >= 0.3 is 0 Å². The van der Waals surface area contributed by atoms with Gasteiger partial charge in [-0.05, 0) is 44.2 Å². The number of nitrogens with one attached hydrogen (secondary N) is 1. The Bertz CT molecular complexity index is 150. The van der Waals surface area contributed by atoms with E-state index in [2.05, 4.69) is 19.2 Å². The van der Waals surface area contributed by atoms with Gasteiger partial charge in [0.1, 0.15) is 0 Å². The van der Waals surface area contributed by atoms with Gasteiger partial charge in [0.2, 0.25) is 0 Å². The quantitative estimate of drug-likeness (QED) is 0.574. The monoisotopic (exact) mass is 225 g/mol. The zero-order valence-electron chi connectivity index (χ0n) is 11.4. The van der Waals surface area contributed by atoms with Gasteiger partial charge in [0, 0.05) is 0 Å². The van der Waals surface area contributed by atoms with E-state index in [-0.39, 0.29) is 0 Å². The molecule has 0 heterocycles. The van der Waals surface area contributed by atoms with Crippen LogP contribution >= 0.6 is 0 Å². The Morgan fingerprint density at radius 3 is 2.50 bits per heavy atom. The van der Waals surface area contributed by atoms with Crippen molar-refractivity contribution >= 4 is 0 Å². The van der Waals surface area contributed by atoms with Crippen LogP contribution in [-0.2, 0) is 0 Å². The van der Waals surface area contributed by atoms with Crippen molar-refractivity contribution in [1.82, 2.24) is 5.32 Å². The summed E-state index contributed by atoms with van der Waals surface area (Å²) in [4.78, 5) is 0. The lowest BCUT2D eigenvalue weighted by Crippen LogP contribution is -2.27. The van der Waals surface area contributed by atoms with Gasteiger partial charge in [-0.3, -0.25) is 0 Å². The van der Waals surface area contributed by atoms with Crippen LogP contribution in [0, 0.1) is 11.8 Å². The van der Waals surface area contributed by atoms with Crippen molar-refractivity contribution < 1.29 is 0 Å². The molecule has 1 N–H and O–H groups in total.